The zero-order valence-electron chi connectivity index (χ0n) is 33.2. The van der Waals surface area contributed by atoms with Crippen LogP contribution in [0.3, 0.4) is 0 Å². The molecule has 7 rings (SSSR count). The lowest BCUT2D eigenvalue weighted by Crippen LogP contribution is -2.50. The molecule has 1 fully saturated rings. The number of methoxy groups -OCH3 is 2. The van der Waals surface area contributed by atoms with Gasteiger partial charge in [0.2, 0.25) is 0 Å². The van der Waals surface area contributed by atoms with Gasteiger partial charge in [0.25, 0.3) is 0 Å². The number of carbonyl (C=O) groups excluding carboxylic acids is 1. The van der Waals surface area contributed by atoms with Crippen molar-refractivity contribution in [1.29, 1.82) is 0 Å². The molecule has 7 nitrogen and oxygen atoms in total. The summed E-state index contributed by atoms with van der Waals surface area (Å²) in [5, 5.41) is 0. The van der Waals surface area contributed by atoms with Crippen molar-refractivity contribution in [1.82, 2.24) is 9.55 Å². The quantitative estimate of drug-likeness (QED) is 0.0888. The fraction of sp³-hybridized carbons (Fsp3) is 0.447. The molecule has 4 aromatic carbocycles. The molecule has 284 valence electrons. The third kappa shape index (κ3) is 7.10. The van der Waals surface area contributed by atoms with Gasteiger partial charge in [0.05, 0.1) is 44.0 Å². The van der Waals surface area contributed by atoms with Crippen LogP contribution in [0.25, 0.3) is 33.5 Å². The second-order valence-electron chi connectivity index (χ2n) is 16.1. The summed E-state index contributed by atoms with van der Waals surface area (Å²) in [6.45, 7) is 13.1. The largest absolute Gasteiger partial charge is 0.496 e. The lowest BCUT2D eigenvalue weighted by molar-refractivity contribution is -0.143. The number of nitrogens with zero attached hydrogens (tertiary/aromatic N) is 2. The Kier molecular flexibility index (Phi) is 10.8. The van der Waals surface area contributed by atoms with Crippen molar-refractivity contribution in [3.8, 4) is 39.8 Å². The summed E-state index contributed by atoms with van der Waals surface area (Å²) in [6, 6.07) is 28.0. The molecule has 0 N–H and O–H groups in total. The zero-order chi connectivity index (χ0) is 38.0. The summed E-state index contributed by atoms with van der Waals surface area (Å²) >= 11 is 0. The highest BCUT2D eigenvalue weighted by molar-refractivity contribution is 5.89. The van der Waals surface area contributed by atoms with Crippen LogP contribution < -0.4 is 14.2 Å². The summed E-state index contributed by atoms with van der Waals surface area (Å²) in [5.74, 6) is 3.91. The van der Waals surface area contributed by atoms with Gasteiger partial charge >= 0.3 is 5.97 Å². The van der Waals surface area contributed by atoms with Gasteiger partial charge < -0.3 is 23.5 Å². The minimum Gasteiger partial charge on any atom is -0.496 e. The molecule has 1 heterocycles. The Morgan fingerprint density at radius 2 is 1.70 bits per heavy atom. The SMILES string of the molecule is CCOC(=O)CCCOc1ccc(-c2nc3cc(-c4ccccc4)c(OC)cc3n2C[C@@]2(C)CCC[C@]3(C)c4ccc(C(C)C)cc4CC[C@@H]23)c(OC)c1. The Labute approximate surface area is 321 Å². The highest BCUT2D eigenvalue weighted by Crippen LogP contribution is 2.58. The number of aromatic nitrogens is 2. The molecule has 0 amide bonds. The number of fused-ring (bicyclic) bond motifs is 4. The smallest absolute Gasteiger partial charge is 0.305 e. The van der Waals surface area contributed by atoms with Gasteiger partial charge in [-0.2, -0.15) is 0 Å². The Balaban J connectivity index is 1.30. The first-order valence-corrected chi connectivity index (χ1v) is 19.8. The minimum atomic E-state index is -0.204. The van der Waals surface area contributed by atoms with E-state index in [1.165, 1.54) is 24.8 Å². The summed E-state index contributed by atoms with van der Waals surface area (Å²) < 4.78 is 25.7. The van der Waals surface area contributed by atoms with Gasteiger partial charge in [-0.25, -0.2) is 4.98 Å². The Hall–Kier alpha value is -4.78. The number of aryl methyl sites for hydroxylation is 1. The zero-order valence-corrected chi connectivity index (χ0v) is 33.2. The van der Waals surface area contributed by atoms with E-state index in [1.807, 2.05) is 25.1 Å². The molecular weight excluding hydrogens is 673 g/mol. The number of ether oxygens (including phenoxy) is 4. The second-order valence-corrected chi connectivity index (χ2v) is 16.1. The van der Waals surface area contributed by atoms with Gasteiger partial charge in [0.1, 0.15) is 23.1 Å². The highest BCUT2D eigenvalue weighted by Gasteiger charge is 2.52. The van der Waals surface area contributed by atoms with E-state index in [2.05, 4.69) is 92.9 Å². The molecule has 1 aromatic heterocycles. The molecule has 1 saturated carbocycles. The number of hydrogen-bond acceptors (Lipinski definition) is 6. The molecule has 7 heteroatoms. The Morgan fingerprint density at radius 3 is 2.44 bits per heavy atom. The summed E-state index contributed by atoms with van der Waals surface area (Å²) in [4.78, 5) is 17.2. The molecule has 54 heavy (non-hydrogen) atoms. The van der Waals surface area contributed by atoms with Crippen LogP contribution in [0.1, 0.15) is 95.8 Å². The van der Waals surface area contributed by atoms with Gasteiger partial charge in [0, 0.05) is 30.7 Å². The van der Waals surface area contributed by atoms with Gasteiger partial charge in [-0.15, -0.1) is 0 Å². The summed E-state index contributed by atoms with van der Waals surface area (Å²) in [7, 11) is 3.45. The number of benzene rings is 4. The third-order valence-corrected chi connectivity index (χ3v) is 12.4. The molecule has 3 atom stereocenters. The number of imidazole rings is 1. The van der Waals surface area contributed by atoms with E-state index >= 15 is 0 Å². The Bertz CT molecular complexity index is 2120. The first-order valence-electron chi connectivity index (χ1n) is 19.8. The number of rotatable bonds is 13. The molecule has 0 saturated heterocycles. The predicted octanol–water partition coefficient (Wildman–Crippen LogP) is 10.9. The fourth-order valence-corrected chi connectivity index (χ4v) is 9.67. The molecule has 0 bridgehead atoms. The van der Waals surface area contributed by atoms with E-state index in [4.69, 9.17) is 23.9 Å². The molecular formula is C47H56N2O5. The van der Waals surface area contributed by atoms with Crippen molar-refractivity contribution >= 4 is 17.0 Å². The summed E-state index contributed by atoms with van der Waals surface area (Å²) in [6.07, 6.45) is 6.74. The molecule has 5 aromatic rings. The van der Waals surface area contributed by atoms with Crippen molar-refractivity contribution in [2.24, 2.45) is 11.3 Å². The van der Waals surface area contributed by atoms with Crippen LogP contribution in [0.4, 0.5) is 0 Å². The maximum Gasteiger partial charge on any atom is 0.305 e. The van der Waals surface area contributed by atoms with Crippen LogP contribution in [-0.2, 0) is 27.9 Å². The summed E-state index contributed by atoms with van der Waals surface area (Å²) in [5.41, 5.74) is 9.64. The fourth-order valence-electron chi connectivity index (χ4n) is 9.67. The molecule has 0 unspecified atom stereocenters. The van der Waals surface area contributed by atoms with Crippen LogP contribution in [0.2, 0.25) is 0 Å². The van der Waals surface area contributed by atoms with Crippen molar-refractivity contribution in [3.05, 3.63) is 95.6 Å². The minimum absolute atomic E-state index is 0.0182. The molecule has 2 aliphatic rings. The van der Waals surface area contributed by atoms with Crippen LogP contribution in [0.5, 0.6) is 17.2 Å². The molecule has 2 aliphatic carbocycles. The molecule has 0 spiro atoms. The van der Waals surface area contributed by atoms with E-state index < -0.39 is 0 Å². The van der Waals surface area contributed by atoms with Crippen LogP contribution in [0.15, 0.2) is 78.9 Å². The van der Waals surface area contributed by atoms with Crippen LogP contribution >= 0.6 is 0 Å². The first-order chi connectivity index (χ1) is 26.1. The first kappa shape index (κ1) is 37.5. The molecule has 0 radical (unpaired) electrons. The van der Waals surface area contributed by atoms with Gasteiger partial charge in [-0.3, -0.25) is 4.79 Å². The van der Waals surface area contributed by atoms with Gasteiger partial charge in [-0.1, -0.05) is 82.6 Å². The average Bonchev–Trinajstić information content (AvgIpc) is 3.51. The van der Waals surface area contributed by atoms with Crippen molar-refractivity contribution in [2.45, 2.75) is 97.4 Å². The second kappa shape index (κ2) is 15.5. The van der Waals surface area contributed by atoms with Crippen LogP contribution in [0, 0.1) is 11.3 Å². The monoisotopic (exact) mass is 728 g/mol. The van der Waals surface area contributed by atoms with Crippen LogP contribution in [-0.4, -0.2) is 43.0 Å². The topological polar surface area (TPSA) is 71.8 Å². The lowest BCUT2D eigenvalue weighted by Gasteiger charge is -2.56. The third-order valence-electron chi connectivity index (χ3n) is 12.4. The van der Waals surface area contributed by atoms with Crippen molar-refractivity contribution < 1.29 is 23.7 Å². The van der Waals surface area contributed by atoms with Crippen molar-refractivity contribution in [2.75, 3.05) is 27.4 Å². The van der Waals surface area contributed by atoms with Gasteiger partial charge in [-0.05, 0) is 102 Å². The Morgan fingerprint density at radius 1 is 0.926 bits per heavy atom. The lowest BCUT2D eigenvalue weighted by atomic mass is 9.49. The van der Waals surface area contributed by atoms with Gasteiger partial charge in [0.15, 0.2) is 0 Å². The number of esters is 1. The van der Waals surface area contributed by atoms with E-state index in [9.17, 15) is 4.79 Å². The molecule has 0 aliphatic heterocycles. The standard InChI is InChI=1S/C47H56N2O5/c1-8-53-44(50)16-12-25-54-35-19-20-36(41(27-35)51-6)45-48-39-28-37(32-14-10-9-11-15-32)42(52-7)29-40(39)49(45)30-46(4)23-13-24-47(5)38-21-17-33(31(2)3)26-34(38)18-22-43(46)47/h9-11,14-15,17,19-21,26-29,31,43H,8,12-13,16,18,22-25,30H2,1-7H3/t43-,46+,47+/m0/s1. The predicted molar refractivity (Wildman–Crippen MR) is 217 cm³/mol. The highest BCUT2D eigenvalue weighted by atomic mass is 16.5. The normalized spacial score (nSPS) is 20.7. The van der Waals surface area contributed by atoms with E-state index in [0.29, 0.717) is 49.4 Å². The van der Waals surface area contributed by atoms with E-state index in [1.54, 1.807) is 25.3 Å². The average molecular weight is 729 g/mol. The van der Waals surface area contributed by atoms with Crippen molar-refractivity contribution in [3.63, 3.8) is 0 Å². The maximum atomic E-state index is 11.8. The van der Waals surface area contributed by atoms with E-state index in [-0.39, 0.29) is 16.8 Å². The van der Waals surface area contributed by atoms with E-state index in [0.717, 1.165) is 58.7 Å². The maximum absolute atomic E-state index is 11.8. The number of hydrogen-bond donors (Lipinski definition) is 0. The number of carbonyl (C=O) groups is 1.